The Balaban J connectivity index is 1.34. The van der Waals surface area contributed by atoms with Crippen molar-refractivity contribution in [2.45, 2.75) is 31.6 Å². The Labute approximate surface area is 185 Å². The van der Waals surface area contributed by atoms with Crippen LogP contribution in [0.5, 0.6) is 0 Å². The molecule has 0 atom stereocenters. The van der Waals surface area contributed by atoms with Crippen molar-refractivity contribution >= 4 is 34.7 Å². The fourth-order valence-electron chi connectivity index (χ4n) is 3.89. The first-order valence-electron chi connectivity index (χ1n) is 10.4. The lowest BCUT2D eigenvalue weighted by molar-refractivity contribution is -0.146. The molecule has 0 bridgehead atoms. The monoisotopic (exact) mass is 435 g/mol. The summed E-state index contributed by atoms with van der Waals surface area (Å²) in [5.41, 5.74) is 2.54. The fourth-order valence-corrected chi connectivity index (χ4v) is 4.98. The van der Waals surface area contributed by atoms with Gasteiger partial charge in [0.05, 0.1) is 22.9 Å². The van der Waals surface area contributed by atoms with Crippen LogP contribution in [-0.4, -0.2) is 24.1 Å². The number of rotatable bonds is 5. The minimum Gasteiger partial charge on any atom is -0.469 e. The van der Waals surface area contributed by atoms with E-state index in [1.165, 1.54) is 7.11 Å². The number of hydrogen-bond donors (Lipinski definition) is 2. The largest absolute Gasteiger partial charge is 0.469 e. The van der Waals surface area contributed by atoms with Crippen molar-refractivity contribution in [1.29, 1.82) is 0 Å². The van der Waals surface area contributed by atoms with Crippen LogP contribution in [0, 0.1) is 5.92 Å². The number of para-hydroxylation sites is 1. The number of thiazole rings is 1. The van der Waals surface area contributed by atoms with Gasteiger partial charge in [-0.1, -0.05) is 30.3 Å². The Morgan fingerprint density at radius 1 is 0.935 bits per heavy atom. The maximum atomic E-state index is 12.1. The summed E-state index contributed by atoms with van der Waals surface area (Å²) < 4.78 is 4.87. The van der Waals surface area contributed by atoms with Gasteiger partial charge >= 0.3 is 12.0 Å². The van der Waals surface area contributed by atoms with Crippen molar-refractivity contribution in [1.82, 2.24) is 4.98 Å². The molecule has 2 N–H and O–H groups in total. The number of esters is 1. The van der Waals surface area contributed by atoms with Crippen LogP contribution in [0.15, 0.2) is 60.8 Å². The Bertz CT molecular complexity index is 1030. The Morgan fingerprint density at radius 2 is 1.58 bits per heavy atom. The van der Waals surface area contributed by atoms with Crippen molar-refractivity contribution in [3.8, 4) is 10.4 Å². The minimum atomic E-state index is -0.276. The van der Waals surface area contributed by atoms with Gasteiger partial charge in [-0.25, -0.2) is 9.78 Å². The number of anilines is 2. The highest BCUT2D eigenvalue weighted by molar-refractivity contribution is 7.15. The SMILES string of the molecule is COC(=O)C1CCC(c2ncc(-c3ccc(NC(=O)Nc4ccccc4)cc3)s2)CC1. The molecule has 1 aliphatic carbocycles. The molecule has 1 heterocycles. The number of methoxy groups -OCH3 is 1. The van der Waals surface area contributed by atoms with Gasteiger partial charge in [0.1, 0.15) is 0 Å². The molecule has 7 heteroatoms. The van der Waals surface area contributed by atoms with Crippen molar-refractivity contribution in [2.24, 2.45) is 5.92 Å². The van der Waals surface area contributed by atoms with Gasteiger partial charge in [0.25, 0.3) is 0 Å². The Kier molecular flexibility index (Phi) is 6.62. The Morgan fingerprint density at radius 3 is 2.23 bits per heavy atom. The summed E-state index contributed by atoms with van der Waals surface area (Å²) in [5, 5.41) is 6.77. The van der Waals surface area contributed by atoms with Crippen molar-refractivity contribution in [2.75, 3.05) is 17.7 Å². The van der Waals surface area contributed by atoms with E-state index in [9.17, 15) is 9.59 Å². The molecular weight excluding hydrogens is 410 g/mol. The first-order chi connectivity index (χ1) is 15.1. The number of carbonyl (C=O) groups excluding carboxylic acids is 2. The molecule has 1 aliphatic rings. The second-order valence-electron chi connectivity index (χ2n) is 7.66. The van der Waals surface area contributed by atoms with E-state index in [1.54, 1.807) is 11.3 Å². The summed E-state index contributed by atoms with van der Waals surface area (Å²) in [6.07, 6.45) is 5.56. The van der Waals surface area contributed by atoms with Crippen LogP contribution in [-0.2, 0) is 9.53 Å². The molecular formula is C24H25N3O3S. The second kappa shape index (κ2) is 9.75. The number of urea groups is 1. The molecule has 2 amide bonds. The zero-order valence-corrected chi connectivity index (χ0v) is 18.2. The van der Waals surface area contributed by atoms with Crippen LogP contribution >= 0.6 is 11.3 Å². The lowest BCUT2D eigenvalue weighted by Crippen LogP contribution is -2.22. The zero-order valence-electron chi connectivity index (χ0n) is 17.3. The fraction of sp³-hybridized carbons (Fsp3) is 0.292. The molecule has 4 rings (SSSR count). The number of aromatic nitrogens is 1. The van der Waals surface area contributed by atoms with Gasteiger partial charge in [0.2, 0.25) is 0 Å². The molecule has 0 spiro atoms. The number of nitrogens with one attached hydrogen (secondary N) is 2. The van der Waals surface area contributed by atoms with E-state index in [4.69, 9.17) is 4.74 Å². The van der Waals surface area contributed by atoms with Crippen LogP contribution in [0.4, 0.5) is 16.2 Å². The number of hydrogen-bond acceptors (Lipinski definition) is 5. The quantitative estimate of drug-likeness (QED) is 0.489. The summed E-state index contributed by atoms with van der Waals surface area (Å²) in [5.74, 6) is 0.339. The Hall–Kier alpha value is -3.19. The first-order valence-corrected chi connectivity index (χ1v) is 11.2. The maximum absolute atomic E-state index is 12.1. The minimum absolute atomic E-state index is 0.0276. The standard InChI is InChI=1S/C24H25N3O3S/c1-30-23(28)18-9-7-17(8-10-18)22-25-15-21(31-22)16-11-13-20(14-12-16)27-24(29)26-19-5-3-2-4-6-19/h2-6,11-15,17-18H,7-10H2,1H3,(H2,26,27,29). The molecule has 6 nitrogen and oxygen atoms in total. The van der Waals surface area contributed by atoms with E-state index in [0.29, 0.717) is 5.92 Å². The molecule has 2 aromatic carbocycles. The molecule has 1 saturated carbocycles. The number of amides is 2. The van der Waals surface area contributed by atoms with Crippen molar-refractivity contribution in [3.63, 3.8) is 0 Å². The molecule has 31 heavy (non-hydrogen) atoms. The second-order valence-corrected chi connectivity index (χ2v) is 8.72. The lowest BCUT2D eigenvalue weighted by atomic mass is 9.82. The molecule has 0 unspecified atom stereocenters. The summed E-state index contributed by atoms with van der Waals surface area (Å²) in [7, 11) is 1.46. The highest BCUT2D eigenvalue weighted by Gasteiger charge is 2.29. The third kappa shape index (κ3) is 5.30. The molecule has 3 aromatic rings. The average molecular weight is 436 g/mol. The molecule has 160 valence electrons. The molecule has 0 aliphatic heterocycles. The van der Waals surface area contributed by atoms with Gasteiger partial charge < -0.3 is 15.4 Å². The maximum Gasteiger partial charge on any atom is 0.323 e. The third-order valence-electron chi connectivity index (χ3n) is 5.59. The van der Waals surface area contributed by atoms with Crippen molar-refractivity contribution < 1.29 is 14.3 Å². The number of nitrogens with zero attached hydrogens (tertiary/aromatic N) is 1. The van der Waals surface area contributed by atoms with Crippen LogP contribution in [0.25, 0.3) is 10.4 Å². The van der Waals surface area contributed by atoms with Crippen LogP contribution in [0.3, 0.4) is 0 Å². The molecule has 0 radical (unpaired) electrons. The van der Waals surface area contributed by atoms with Crippen molar-refractivity contribution in [3.05, 3.63) is 65.8 Å². The van der Waals surface area contributed by atoms with Crippen LogP contribution in [0.2, 0.25) is 0 Å². The predicted molar refractivity (Wildman–Crippen MR) is 123 cm³/mol. The van der Waals surface area contributed by atoms with Gasteiger partial charge in [0, 0.05) is 23.5 Å². The summed E-state index contributed by atoms with van der Waals surface area (Å²) in [4.78, 5) is 29.6. The van der Waals surface area contributed by atoms with Gasteiger partial charge in [-0.3, -0.25) is 4.79 Å². The van der Waals surface area contributed by atoms with E-state index >= 15 is 0 Å². The predicted octanol–water partition coefficient (Wildman–Crippen LogP) is 5.90. The molecule has 1 fully saturated rings. The normalized spacial score (nSPS) is 18.2. The first kappa shape index (κ1) is 21.1. The number of benzene rings is 2. The van der Waals surface area contributed by atoms with E-state index in [0.717, 1.165) is 52.5 Å². The van der Waals surface area contributed by atoms with E-state index in [1.807, 2.05) is 60.8 Å². The zero-order chi connectivity index (χ0) is 21.6. The summed E-state index contributed by atoms with van der Waals surface area (Å²) in [6.45, 7) is 0. The summed E-state index contributed by atoms with van der Waals surface area (Å²) in [6, 6.07) is 16.8. The highest BCUT2D eigenvalue weighted by Crippen LogP contribution is 2.39. The molecule has 0 saturated heterocycles. The highest BCUT2D eigenvalue weighted by atomic mass is 32.1. The average Bonchev–Trinajstić information content (AvgIpc) is 3.30. The summed E-state index contributed by atoms with van der Waals surface area (Å²) >= 11 is 1.70. The molecule has 1 aromatic heterocycles. The van der Waals surface area contributed by atoms with Gasteiger partial charge in [-0.2, -0.15) is 0 Å². The van der Waals surface area contributed by atoms with Crippen LogP contribution in [0.1, 0.15) is 36.6 Å². The van der Waals surface area contributed by atoms with Gasteiger partial charge in [-0.15, -0.1) is 11.3 Å². The smallest absolute Gasteiger partial charge is 0.323 e. The van der Waals surface area contributed by atoms with Gasteiger partial charge in [0.15, 0.2) is 0 Å². The lowest BCUT2D eigenvalue weighted by Gasteiger charge is -2.25. The topological polar surface area (TPSA) is 80.3 Å². The van der Waals surface area contributed by atoms with E-state index < -0.39 is 0 Å². The van der Waals surface area contributed by atoms with Gasteiger partial charge in [-0.05, 0) is 55.5 Å². The van der Waals surface area contributed by atoms with E-state index in [-0.39, 0.29) is 17.9 Å². The number of carbonyl (C=O) groups is 2. The number of ether oxygens (including phenoxy) is 1. The third-order valence-corrected chi connectivity index (χ3v) is 6.80. The van der Waals surface area contributed by atoms with Crippen LogP contribution < -0.4 is 10.6 Å². The van der Waals surface area contributed by atoms with E-state index in [2.05, 4.69) is 15.6 Å².